The van der Waals surface area contributed by atoms with Crippen molar-refractivity contribution in [1.29, 1.82) is 0 Å². The summed E-state index contributed by atoms with van der Waals surface area (Å²) in [6.07, 6.45) is 1.89. The Morgan fingerprint density at radius 1 is 1.00 bits per heavy atom. The SMILES string of the molecule is CSc1nc(C(Br)(c2ccccc2)c2ccccc2)cc(=O)[nH]1. The van der Waals surface area contributed by atoms with Gasteiger partial charge in [0.25, 0.3) is 5.56 Å². The Hall–Kier alpha value is -1.85. The lowest BCUT2D eigenvalue weighted by Crippen LogP contribution is -2.26. The molecule has 0 fully saturated rings. The number of aromatic nitrogens is 2. The van der Waals surface area contributed by atoms with Gasteiger partial charge < -0.3 is 4.98 Å². The lowest BCUT2D eigenvalue weighted by atomic mass is 9.88. The van der Waals surface area contributed by atoms with Gasteiger partial charge in [-0.1, -0.05) is 88.4 Å². The molecular formula is C18H15BrN2OS. The fourth-order valence-electron chi connectivity index (χ4n) is 2.51. The molecule has 2 aromatic carbocycles. The van der Waals surface area contributed by atoms with E-state index in [4.69, 9.17) is 0 Å². The van der Waals surface area contributed by atoms with Gasteiger partial charge in [0.2, 0.25) is 0 Å². The summed E-state index contributed by atoms with van der Waals surface area (Å²) in [5.74, 6) is 0. The Bertz CT molecular complexity index is 810. The predicted octanol–water partition coefficient (Wildman–Crippen LogP) is 4.18. The topological polar surface area (TPSA) is 45.8 Å². The number of nitrogens with zero attached hydrogens (tertiary/aromatic N) is 1. The molecule has 1 heterocycles. The van der Waals surface area contributed by atoms with Crippen LogP contribution in [0.5, 0.6) is 0 Å². The quantitative estimate of drug-likeness (QED) is 0.415. The normalized spacial score (nSPS) is 11.4. The van der Waals surface area contributed by atoms with Gasteiger partial charge in [-0.25, -0.2) is 4.98 Å². The molecule has 3 nitrogen and oxygen atoms in total. The van der Waals surface area contributed by atoms with E-state index in [2.05, 4.69) is 25.9 Å². The number of hydrogen-bond donors (Lipinski definition) is 1. The van der Waals surface area contributed by atoms with Gasteiger partial charge in [0, 0.05) is 6.07 Å². The highest BCUT2D eigenvalue weighted by Crippen LogP contribution is 2.43. The van der Waals surface area contributed by atoms with Crippen molar-refractivity contribution < 1.29 is 0 Å². The molecule has 1 aromatic heterocycles. The van der Waals surface area contributed by atoms with Crippen LogP contribution in [0.3, 0.4) is 0 Å². The van der Waals surface area contributed by atoms with E-state index >= 15 is 0 Å². The maximum Gasteiger partial charge on any atom is 0.251 e. The first kappa shape index (κ1) is 16.0. The van der Waals surface area contributed by atoms with Gasteiger partial charge in [0.1, 0.15) is 4.32 Å². The molecule has 1 N–H and O–H groups in total. The fourth-order valence-corrected chi connectivity index (χ4v) is 3.63. The highest BCUT2D eigenvalue weighted by Gasteiger charge is 2.35. The van der Waals surface area contributed by atoms with Gasteiger partial charge in [-0.15, -0.1) is 0 Å². The smallest absolute Gasteiger partial charge is 0.251 e. The van der Waals surface area contributed by atoms with Crippen LogP contribution < -0.4 is 5.56 Å². The van der Waals surface area contributed by atoms with Crippen LogP contribution in [0.1, 0.15) is 16.8 Å². The molecule has 5 heteroatoms. The minimum Gasteiger partial charge on any atom is -0.301 e. The van der Waals surface area contributed by atoms with E-state index in [1.54, 1.807) is 6.07 Å². The van der Waals surface area contributed by atoms with Crippen molar-refractivity contribution in [2.24, 2.45) is 0 Å². The molecule has 3 aromatic rings. The van der Waals surface area contributed by atoms with Gasteiger partial charge in [0.05, 0.1) is 5.69 Å². The third-order valence-electron chi connectivity index (χ3n) is 3.61. The van der Waals surface area contributed by atoms with Crippen molar-refractivity contribution in [3.05, 3.63) is 93.9 Å². The van der Waals surface area contributed by atoms with Crippen LogP contribution >= 0.6 is 27.7 Å². The number of thioether (sulfide) groups is 1. The van der Waals surface area contributed by atoms with Crippen molar-refractivity contribution in [2.75, 3.05) is 6.26 Å². The first-order valence-electron chi connectivity index (χ1n) is 7.10. The van der Waals surface area contributed by atoms with Crippen LogP contribution in [0.25, 0.3) is 0 Å². The van der Waals surface area contributed by atoms with Crippen LogP contribution in [0.15, 0.2) is 76.7 Å². The summed E-state index contributed by atoms with van der Waals surface area (Å²) in [5.41, 5.74) is 2.56. The molecule has 23 heavy (non-hydrogen) atoms. The van der Waals surface area contributed by atoms with Crippen LogP contribution in [0.4, 0.5) is 0 Å². The average Bonchev–Trinajstić information content (AvgIpc) is 2.62. The largest absolute Gasteiger partial charge is 0.301 e. The van der Waals surface area contributed by atoms with Crippen LogP contribution in [-0.2, 0) is 4.32 Å². The monoisotopic (exact) mass is 386 g/mol. The molecule has 0 aliphatic carbocycles. The fraction of sp³-hybridized carbons (Fsp3) is 0.111. The minimum atomic E-state index is -0.672. The molecule has 116 valence electrons. The molecule has 3 rings (SSSR count). The standard InChI is InChI=1S/C18H15BrN2OS/c1-23-17-20-15(12-16(22)21-17)18(19,13-8-4-2-5-9-13)14-10-6-3-7-11-14/h2-12H,1H3,(H,20,21,22). The first-order valence-corrected chi connectivity index (χ1v) is 9.12. The summed E-state index contributed by atoms with van der Waals surface area (Å²) in [4.78, 5) is 19.4. The highest BCUT2D eigenvalue weighted by atomic mass is 79.9. The highest BCUT2D eigenvalue weighted by molar-refractivity contribution is 9.10. The molecule has 0 saturated carbocycles. The first-order chi connectivity index (χ1) is 11.1. The van der Waals surface area contributed by atoms with Gasteiger partial charge in [0.15, 0.2) is 5.16 Å². The maximum atomic E-state index is 12.0. The van der Waals surface area contributed by atoms with Gasteiger partial charge in [-0.2, -0.15) is 0 Å². The Balaban J connectivity index is 2.29. The lowest BCUT2D eigenvalue weighted by molar-refractivity contribution is 0.797. The number of H-pyrrole nitrogens is 1. The van der Waals surface area contributed by atoms with E-state index in [-0.39, 0.29) is 5.56 Å². The van der Waals surface area contributed by atoms with Crippen LogP contribution in [-0.4, -0.2) is 16.2 Å². The second kappa shape index (κ2) is 6.72. The van der Waals surface area contributed by atoms with Crippen molar-refractivity contribution in [3.63, 3.8) is 0 Å². The van der Waals surface area contributed by atoms with E-state index in [0.29, 0.717) is 10.9 Å². The molecule has 0 aliphatic rings. The summed E-state index contributed by atoms with van der Waals surface area (Å²) in [5, 5.41) is 0.600. The van der Waals surface area contributed by atoms with Gasteiger partial charge >= 0.3 is 0 Å². The molecule has 0 radical (unpaired) electrons. The summed E-state index contributed by atoms with van der Waals surface area (Å²) in [6.45, 7) is 0. The Labute approximate surface area is 147 Å². The number of alkyl halides is 1. The number of halogens is 1. The number of hydrogen-bond acceptors (Lipinski definition) is 3. The summed E-state index contributed by atoms with van der Waals surface area (Å²) >= 11 is 5.30. The van der Waals surface area contributed by atoms with Gasteiger partial charge in [-0.05, 0) is 17.4 Å². The van der Waals surface area contributed by atoms with E-state index in [9.17, 15) is 4.79 Å². The van der Waals surface area contributed by atoms with Crippen LogP contribution in [0, 0.1) is 0 Å². The van der Waals surface area contributed by atoms with Crippen LogP contribution in [0.2, 0.25) is 0 Å². The molecule has 0 bridgehead atoms. The Morgan fingerprint density at radius 3 is 2.00 bits per heavy atom. The van der Waals surface area contributed by atoms with Gasteiger partial charge in [-0.3, -0.25) is 4.79 Å². The predicted molar refractivity (Wildman–Crippen MR) is 98.3 cm³/mol. The van der Waals surface area contributed by atoms with Crippen molar-refractivity contribution >= 4 is 27.7 Å². The second-order valence-corrected chi connectivity index (χ2v) is 7.01. The Kier molecular flexibility index (Phi) is 4.68. The zero-order valence-corrected chi connectivity index (χ0v) is 14.9. The zero-order chi connectivity index (χ0) is 16.3. The van der Waals surface area contributed by atoms with E-state index < -0.39 is 4.32 Å². The lowest BCUT2D eigenvalue weighted by Gasteiger charge is -2.28. The maximum absolute atomic E-state index is 12.0. The molecule has 0 atom stereocenters. The summed E-state index contributed by atoms with van der Waals surface area (Å²) in [7, 11) is 0. The van der Waals surface area contributed by atoms with E-state index in [0.717, 1.165) is 11.1 Å². The minimum absolute atomic E-state index is 0.157. The molecule has 0 spiro atoms. The number of nitrogens with one attached hydrogen (secondary N) is 1. The summed E-state index contributed by atoms with van der Waals surface area (Å²) in [6, 6.07) is 21.6. The third kappa shape index (κ3) is 3.12. The molecule has 0 unspecified atom stereocenters. The van der Waals surface area contributed by atoms with Crippen molar-refractivity contribution in [2.45, 2.75) is 9.48 Å². The van der Waals surface area contributed by atoms with Crippen molar-refractivity contribution in [3.8, 4) is 0 Å². The summed E-state index contributed by atoms with van der Waals surface area (Å²) < 4.78 is -0.672. The van der Waals surface area contributed by atoms with E-state index in [1.807, 2.05) is 66.9 Å². The molecule has 0 aliphatic heterocycles. The van der Waals surface area contributed by atoms with E-state index in [1.165, 1.54) is 11.8 Å². The number of aromatic amines is 1. The zero-order valence-electron chi connectivity index (χ0n) is 12.5. The average molecular weight is 387 g/mol. The van der Waals surface area contributed by atoms with Crippen molar-refractivity contribution in [1.82, 2.24) is 9.97 Å². The number of benzene rings is 2. The molecule has 0 saturated heterocycles. The molecule has 0 amide bonds. The Morgan fingerprint density at radius 2 is 1.52 bits per heavy atom. The number of rotatable bonds is 4. The third-order valence-corrected chi connectivity index (χ3v) is 5.51. The molecular weight excluding hydrogens is 372 g/mol. The second-order valence-electron chi connectivity index (χ2n) is 5.03.